The molecule has 0 saturated heterocycles. The summed E-state index contributed by atoms with van der Waals surface area (Å²) in [5.41, 5.74) is 0.554. The Bertz CT molecular complexity index is 491. The van der Waals surface area contributed by atoms with Crippen LogP contribution in [0, 0.1) is 11.3 Å². The number of nitrogens with zero attached hydrogens (tertiary/aromatic N) is 3. The van der Waals surface area contributed by atoms with Gasteiger partial charge in [-0.1, -0.05) is 30.0 Å². The molecular formula is C11H7N3S. The summed E-state index contributed by atoms with van der Waals surface area (Å²) in [5, 5.41) is 17.2. The van der Waals surface area contributed by atoms with Gasteiger partial charge in [0.2, 0.25) is 0 Å². The van der Waals surface area contributed by atoms with E-state index < -0.39 is 0 Å². The largest absolute Gasteiger partial charge is 0.192 e. The second-order valence-electron chi connectivity index (χ2n) is 2.78. The molecule has 0 unspecified atom stereocenters. The summed E-state index contributed by atoms with van der Waals surface area (Å²) < 4.78 is 0. The van der Waals surface area contributed by atoms with Gasteiger partial charge >= 0.3 is 0 Å². The van der Waals surface area contributed by atoms with Gasteiger partial charge in [-0.25, -0.2) is 0 Å². The predicted molar refractivity (Wildman–Crippen MR) is 57.3 cm³/mol. The molecule has 2 rings (SSSR count). The molecule has 15 heavy (non-hydrogen) atoms. The van der Waals surface area contributed by atoms with E-state index in [1.165, 1.54) is 18.0 Å². The summed E-state index contributed by atoms with van der Waals surface area (Å²) >= 11 is 1.44. The molecule has 0 saturated carbocycles. The lowest BCUT2D eigenvalue weighted by Crippen LogP contribution is -1.88. The summed E-state index contributed by atoms with van der Waals surface area (Å²) in [5.74, 6) is 0. The fraction of sp³-hybridized carbons (Fsp3) is 0. The quantitative estimate of drug-likeness (QED) is 0.769. The Morgan fingerprint density at radius 2 is 1.93 bits per heavy atom. The lowest BCUT2D eigenvalue weighted by molar-refractivity contribution is 0.920. The molecule has 3 nitrogen and oxygen atoms in total. The normalized spacial score (nSPS) is 9.53. The van der Waals surface area contributed by atoms with Crippen LogP contribution in [0.4, 0.5) is 0 Å². The van der Waals surface area contributed by atoms with Crippen LogP contribution in [0.25, 0.3) is 0 Å². The molecule has 0 amide bonds. The van der Waals surface area contributed by atoms with Gasteiger partial charge in [0.25, 0.3) is 0 Å². The molecule has 0 aliphatic carbocycles. The zero-order valence-corrected chi connectivity index (χ0v) is 8.61. The highest BCUT2D eigenvalue weighted by atomic mass is 32.2. The molecule has 0 fully saturated rings. The van der Waals surface area contributed by atoms with Crippen molar-refractivity contribution in [1.29, 1.82) is 5.26 Å². The van der Waals surface area contributed by atoms with Gasteiger partial charge in [-0.15, -0.1) is 5.10 Å². The van der Waals surface area contributed by atoms with E-state index in [1.807, 2.05) is 30.3 Å². The molecule has 0 radical (unpaired) electrons. The van der Waals surface area contributed by atoms with Gasteiger partial charge in [0, 0.05) is 4.90 Å². The Kier molecular flexibility index (Phi) is 2.96. The number of rotatable bonds is 2. The Labute approximate surface area is 91.8 Å². The second kappa shape index (κ2) is 4.58. The summed E-state index contributed by atoms with van der Waals surface area (Å²) in [6.07, 6.45) is 1.52. The highest BCUT2D eigenvalue weighted by Crippen LogP contribution is 2.27. The molecule has 0 bridgehead atoms. The van der Waals surface area contributed by atoms with Gasteiger partial charge < -0.3 is 0 Å². The van der Waals surface area contributed by atoms with Gasteiger partial charge in [-0.05, 0) is 18.2 Å². The molecule has 0 atom stereocenters. The molecule has 0 spiro atoms. The molecule has 1 aromatic heterocycles. The van der Waals surface area contributed by atoms with Gasteiger partial charge in [-0.3, -0.25) is 0 Å². The Morgan fingerprint density at radius 3 is 2.67 bits per heavy atom. The summed E-state index contributed by atoms with van der Waals surface area (Å²) in [6.45, 7) is 0. The van der Waals surface area contributed by atoms with E-state index in [4.69, 9.17) is 5.26 Å². The van der Waals surface area contributed by atoms with Crippen molar-refractivity contribution in [3.63, 3.8) is 0 Å². The molecule has 4 heteroatoms. The van der Waals surface area contributed by atoms with E-state index in [2.05, 4.69) is 16.3 Å². The molecular weight excluding hydrogens is 206 g/mol. The number of hydrogen-bond acceptors (Lipinski definition) is 4. The Morgan fingerprint density at radius 1 is 1.13 bits per heavy atom. The highest BCUT2D eigenvalue weighted by Gasteiger charge is 2.04. The van der Waals surface area contributed by atoms with Crippen molar-refractivity contribution in [1.82, 2.24) is 10.2 Å². The van der Waals surface area contributed by atoms with Crippen molar-refractivity contribution in [2.24, 2.45) is 0 Å². The fourth-order valence-electron chi connectivity index (χ4n) is 1.08. The number of nitriles is 1. The fourth-order valence-corrected chi connectivity index (χ4v) is 1.91. The van der Waals surface area contributed by atoms with Crippen molar-refractivity contribution in [2.45, 2.75) is 9.92 Å². The molecule has 0 aliphatic heterocycles. The first-order chi connectivity index (χ1) is 7.40. The minimum absolute atomic E-state index is 0.554. The van der Waals surface area contributed by atoms with Crippen molar-refractivity contribution in [2.75, 3.05) is 0 Å². The highest BCUT2D eigenvalue weighted by molar-refractivity contribution is 7.99. The monoisotopic (exact) mass is 213 g/mol. The Hall–Kier alpha value is -1.86. The van der Waals surface area contributed by atoms with Crippen LogP contribution in [0.15, 0.2) is 52.5 Å². The van der Waals surface area contributed by atoms with Crippen LogP contribution in [-0.4, -0.2) is 10.2 Å². The van der Waals surface area contributed by atoms with E-state index in [-0.39, 0.29) is 0 Å². The topological polar surface area (TPSA) is 49.6 Å². The minimum Gasteiger partial charge on any atom is -0.192 e. The van der Waals surface area contributed by atoms with E-state index in [1.54, 1.807) is 6.07 Å². The first kappa shape index (κ1) is 9.69. The molecule has 0 aliphatic rings. The number of hydrogen-bond donors (Lipinski definition) is 0. The van der Waals surface area contributed by atoms with E-state index in [9.17, 15) is 0 Å². The maximum atomic E-state index is 8.87. The van der Waals surface area contributed by atoms with Gasteiger partial charge in [-0.2, -0.15) is 10.4 Å². The molecule has 0 N–H and O–H groups in total. The first-order valence-electron chi connectivity index (χ1n) is 4.35. The minimum atomic E-state index is 0.554. The van der Waals surface area contributed by atoms with Crippen LogP contribution < -0.4 is 0 Å². The first-order valence-corrected chi connectivity index (χ1v) is 5.16. The molecule has 2 aromatic rings. The predicted octanol–water partition coefficient (Wildman–Crippen LogP) is 2.50. The van der Waals surface area contributed by atoms with Gasteiger partial charge in [0.15, 0.2) is 0 Å². The van der Waals surface area contributed by atoms with E-state index >= 15 is 0 Å². The average molecular weight is 213 g/mol. The summed E-state index contributed by atoms with van der Waals surface area (Å²) in [7, 11) is 0. The average Bonchev–Trinajstić information content (AvgIpc) is 2.31. The van der Waals surface area contributed by atoms with Crippen LogP contribution >= 0.6 is 11.8 Å². The molecule has 72 valence electrons. The van der Waals surface area contributed by atoms with Crippen LogP contribution in [0.1, 0.15) is 5.56 Å². The third-order valence-corrected chi connectivity index (χ3v) is 2.77. The summed E-state index contributed by atoms with van der Waals surface area (Å²) in [6, 6.07) is 13.6. The van der Waals surface area contributed by atoms with Crippen molar-refractivity contribution >= 4 is 11.8 Å². The standard InChI is InChI=1S/C11H7N3S/c12-8-9-6-7-13-14-11(9)15-10-4-2-1-3-5-10/h1-7H. The van der Waals surface area contributed by atoms with Crippen LogP contribution in [0.5, 0.6) is 0 Å². The maximum absolute atomic E-state index is 8.87. The number of aromatic nitrogens is 2. The van der Waals surface area contributed by atoms with E-state index in [0.717, 1.165) is 4.90 Å². The zero-order chi connectivity index (χ0) is 10.5. The van der Waals surface area contributed by atoms with Crippen molar-refractivity contribution in [3.8, 4) is 6.07 Å². The van der Waals surface area contributed by atoms with Crippen molar-refractivity contribution < 1.29 is 0 Å². The van der Waals surface area contributed by atoms with Crippen LogP contribution in [-0.2, 0) is 0 Å². The molecule has 1 aromatic carbocycles. The third kappa shape index (κ3) is 2.33. The smallest absolute Gasteiger partial charge is 0.141 e. The second-order valence-corrected chi connectivity index (χ2v) is 3.84. The number of benzene rings is 1. The third-order valence-electron chi connectivity index (χ3n) is 1.77. The lowest BCUT2D eigenvalue weighted by atomic mass is 10.3. The zero-order valence-electron chi connectivity index (χ0n) is 7.79. The van der Waals surface area contributed by atoms with Gasteiger partial charge in [0.05, 0.1) is 11.8 Å². The lowest BCUT2D eigenvalue weighted by Gasteiger charge is -2.00. The van der Waals surface area contributed by atoms with E-state index in [0.29, 0.717) is 10.6 Å². The van der Waals surface area contributed by atoms with Gasteiger partial charge in [0.1, 0.15) is 11.1 Å². The molecule has 1 heterocycles. The van der Waals surface area contributed by atoms with Crippen LogP contribution in [0.3, 0.4) is 0 Å². The summed E-state index contributed by atoms with van der Waals surface area (Å²) in [4.78, 5) is 1.05. The SMILES string of the molecule is N#Cc1ccnnc1Sc1ccccc1. The van der Waals surface area contributed by atoms with Crippen LogP contribution in [0.2, 0.25) is 0 Å². The Balaban J connectivity index is 2.29. The maximum Gasteiger partial charge on any atom is 0.141 e. The van der Waals surface area contributed by atoms with Crippen molar-refractivity contribution in [3.05, 3.63) is 48.2 Å².